The summed E-state index contributed by atoms with van der Waals surface area (Å²) < 4.78 is 0. The normalized spacial score (nSPS) is 24.8. The van der Waals surface area contributed by atoms with Crippen LogP contribution in [0, 0.1) is 5.92 Å². The Labute approximate surface area is 107 Å². The molecule has 0 spiro atoms. The summed E-state index contributed by atoms with van der Waals surface area (Å²) in [6.07, 6.45) is 3.73. The van der Waals surface area contributed by atoms with Gasteiger partial charge in [0.1, 0.15) is 5.15 Å². The van der Waals surface area contributed by atoms with Crippen LogP contribution < -0.4 is 0 Å². The van der Waals surface area contributed by atoms with Crippen LogP contribution in [0.25, 0.3) is 0 Å². The van der Waals surface area contributed by atoms with Gasteiger partial charge in [-0.05, 0) is 37.8 Å². The van der Waals surface area contributed by atoms with Crippen LogP contribution in [0.5, 0.6) is 0 Å². The predicted molar refractivity (Wildman–Crippen MR) is 68.1 cm³/mol. The molecule has 92 valence electrons. The summed E-state index contributed by atoms with van der Waals surface area (Å²) >= 11 is 5.81. The highest BCUT2D eigenvalue weighted by molar-refractivity contribution is 6.29. The van der Waals surface area contributed by atoms with E-state index in [0.29, 0.717) is 22.7 Å². The van der Waals surface area contributed by atoms with Crippen molar-refractivity contribution in [3.8, 4) is 0 Å². The summed E-state index contributed by atoms with van der Waals surface area (Å²) in [5, 5.41) is 0.369. The van der Waals surface area contributed by atoms with Crippen LogP contribution in [-0.4, -0.2) is 28.4 Å². The highest BCUT2D eigenvalue weighted by atomic mass is 35.5. The molecule has 0 bridgehead atoms. The summed E-state index contributed by atoms with van der Waals surface area (Å²) in [6.45, 7) is 5.18. The molecule has 1 aromatic rings. The topological polar surface area (TPSA) is 33.2 Å². The lowest BCUT2D eigenvalue weighted by Gasteiger charge is -2.36. The fourth-order valence-electron chi connectivity index (χ4n) is 2.41. The molecule has 2 rings (SSSR count). The highest BCUT2D eigenvalue weighted by Crippen LogP contribution is 2.24. The van der Waals surface area contributed by atoms with Crippen molar-refractivity contribution in [2.75, 3.05) is 6.54 Å². The average molecular weight is 253 g/mol. The molecule has 1 aliphatic rings. The van der Waals surface area contributed by atoms with E-state index in [1.807, 2.05) is 4.90 Å². The van der Waals surface area contributed by atoms with Crippen LogP contribution in [0.4, 0.5) is 0 Å². The molecule has 1 fully saturated rings. The fraction of sp³-hybridized carbons (Fsp3) is 0.538. The molecule has 0 aromatic carbocycles. The van der Waals surface area contributed by atoms with Crippen LogP contribution in [0.2, 0.25) is 5.15 Å². The first-order valence-electron chi connectivity index (χ1n) is 6.00. The monoisotopic (exact) mass is 252 g/mol. The molecule has 2 unspecified atom stereocenters. The van der Waals surface area contributed by atoms with E-state index in [0.717, 1.165) is 19.4 Å². The van der Waals surface area contributed by atoms with Gasteiger partial charge in [-0.1, -0.05) is 18.5 Å². The van der Waals surface area contributed by atoms with Gasteiger partial charge in [0.05, 0.1) is 0 Å². The number of likely N-dealkylation sites (tertiary alicyclic amines) is 1. The van der Waals surface area contributed by atoms with Crippen molar-refractivity contribution in [1.29, 1.82) is 0 Å². The van der Waals surface area contributed by atoms with Gasteiger partial charge in [0.2, 0.25) is 0 Å². The summed E-state index contributed by atoms with van der Waals surface area (Å²) in [4.78, 5) is 18.1. The van der Waals surface area contributed by atoms with Crippen molar-refractivity contribution in [2.45, 2.75) is 32.7 Å². The summed E-state index contributed by atoms with van der Waals surface area (Å²) in [6, 6.07) is 3.66. The molecule has 1 amide bonds. The lowest BCUT2D eigenvalue weighted by molar-refractivity contribution is 0.0588. The smallest absolute Gasteiger partial charge is 0.254 e. The molecule has 2 heterocycles. The van der Waals surface area contributed by atoms with Crippen molar-refractivity contribution < 1.29 is 4.79 Å². The standard InChI is InChI=1S/C13H17ClN2O/c1-9-4-6-16(10(2)7-9)13(17)11-3-5-15-12(14)8-11/h3,5,8-10H,4,6-7H2,1-2H3. The summed E-state index contributed by atoms with van der Waals surface area (Å²) in [5.74, 6) is 0.767. The lowest BCUT2D eigenvalue weighted by atomic mass is 9.93. The zero-order chi connectivity index (χ0) is 12.4. The van der Waals surface area contributed by atoms with Crippen molar-refractivity contribution in [3.63, 3.8) is 0 Å². The first kappa shape index (κ1) is 12.4. The SMILES string of the molecule is CC1CCN(C(=O)c2ccnc(Cl)c2)C(C)C1. The second kappa shape index (κ2) is 5.05. The predicted octanol–water partition coefficient (Wildman–Crippen LogP) is 3.00. The van der Waals surface area contributed by atoms with E-state index in [4.69, 9.17) is 11.6 Å². The van der Waals surface area contributed by atoms with Crippen molar-refractivity contribution in [1.82, 2.24) is 9.88 Å². The van der Waals surface area contributed by atoms with E-state index < -0.39 is 0 Å². The Morgan fingerprint density at radius 1 is 1.53 bits per heavy atom. The second-order valence-electron chi connectivity index (χ2n) is 4.84. The number of carbonyl (C=O) groups excluding carboxylic acids is 1. The molecule has 2 atom stereocenters. The van der Waals surface area contributed by atoms with Crippen LogP contribution in [-0.2, 0) is 0 Å². The average Bonchev–Trinajstić information content (AvgIpc) is 2.28. The molecule has 1 saturated heterocycles. The minimum absolute atomic E-state index is 0.0636. The third kappa shape index (κ3) is 2.78. The quantitative estimate of drug-likeness (QED) is 0.720. The maximum absolute atomic E-state index is 12.3. The minimum Gasteiger partial charge on any atom is -0.336 e. The van der Waals surface area contributed by atoms with Crippen LogP contribution in [0.1, 0.15) is 37.0 Å². The number of halogens is 1. The Morgan fingerprint density at radius 3 is 2.94 bits per heavy atom. The highest BCUT2D eigenvalue weighted by Gasteiger charge is 2.27. The van der Waals surface area contributed by atoms with E-state index in [-0.39, 0.29) is 5.91 Å². The van der Waals surface area contributed by atoms with Crippen molar-refractivity contribution >= 4 is 17.5 Å². The Balaban J connectivity index is 2.15. The zero-order valence-electron chi connectivity index (χ0n) is 10.2. The molecule has 1 aromatic heterocycles. The Hall–Kier alpha value is -1.09. The lowest BCUT2D eigenvalue weighted by Crippen LogP contribution is -2.44. The number of amides is 1. The molecule has 3 nitrogen and oxygen atoms in total. The van der Waals surface area contributed by atoms with Crippen molar-refractivity contribution in [2.24, 2.45) is 5.92 Å². The van der Waals surface area contributed by atoms with Gasteiger partial charge in [-0.15, -0.1) is 0 Å². The number of hydrogen-bond donors (Lipinski definition) is 0. The molecule has 0 N–H and O–H groups in total. The zero-order valence-corrected chi connectivity index (χ0v) is 10.9. The Kier molecular flexibility index (Phi) is 3.67. The molecule has 0 aliphatic carbocycles. The number of rotatable bonds is 1. The van der Waals surface area contributed by atoms with Crippen LogP contribution in [0.3, 0.4) is 0 Å². The van der Waals surface area contributed by atoms with Crippen molar-refractivity contribution in [3.05, 3.63) is 29.0 Å². The van der Waals surface area contributed by atoms with Gasteiger partial charge >= 0.3 is 0 Å². The molecule has 1 aliphatic heterocycles. The van der Waals surface area contributed by atoms with Gasteiger partial charge in [0.15, 0.2) is 0 Å². The number of hydrogen-bond acceptors (Lipinski definition) is 2. The molecule has 0 radical (unpaired) electrons. The van der Waals surface area contributed by atoms with Gasteiger partial charge in [-0.3, -0.25) is 4.79 Å². The molecular formula is C13H17ClN2O. The first-order valence-corrected chi connectivity index (χ1v) is 6.38. The number of pyridine rings is 1. The van der Waals surface area contributed by atoms with Crippen LogP contribution >= 0.6 is 11.6 Å². The number of aromatic nitrogens is 1. The number of carbonyl (C=O) groups is 1. The summed E-state index contributed by atoms with van der Waals surface area (Å²) in [7, 11) is 0. The first-order chi connectivity index (χ1) is 8.08. The van der Waals surface area contributed by atoms with Crippen LogP contribution in [0.15, 0.2) is 18.3 Å². The third-order valence-electron chi connectivity index (χ3n) is 3.37. The summed E-state index contributed by atoms with van der Waals surface area (Å²) in [5.41, 5.74) is 0.631. The largest absolute Gasteiger partial charge is 0.336 e. The Bertz CT molecular complexity index is 422. The van der Waals surface area contributed by atoms with E-state index >= 15 is 0 Å². The second-order valence-corrected chi connectivity index (χ2v) is 5.23. The maximum Gasteiger partial charge on any atom is 0.254 e. The number of nitrogens with zero attached hydrogens (tertiary/aromatic N) is 2. The fourth-order valence-corrected chi connectivity index (χ4v) is 2.58. The van der Waals surface area contributed by atoms with Gasteiger partial charge < -0.3 is 4.90 Å². The molecule has 0 saturated carbocycles. The van der Waals surface area contributed by atoms with E-state index in [2.05, 4.69) is 18.8 Å². The Morgan fingerprint density at radius 2 is 2.29 bits per heavy atom. The molecular weight excluding hydrogens is 236 g/mol. The van der Waals surface area contributed by atoms with Gasteiger partial charge in [-0.25, -0.2) is 4.98 Å². The van der Waals surface area contributed by atoms with Gasteiger partial charge in [-0.2, -0.15) is 0 Å². The number of piperidine rings is 1. The van der Waals surface area contributed by atoms with Gasteiger partial charge in [0.25, 0.3) is 5.91 Å². The maximum atomic E-state index is 12.3. The minimum atomic E-state index is 0.0636. The van der Waals surface area contributed by atoms with Gasteiger partial charge in [0, 0.05) is 24.3 Å². The third-order valence-corrected chi connectivity index (χ3v) is 3.58. The molecule has 4 heteroatoms. The molecule has 17 heavy (non-hydrogen) atoms. The van der Waals surface area contributed by atoms with E-state index in [9.17, 15) is 4.79 Å². The van der Waals surface area contributed by atoms with E-state index in [1.165, 1.54) is 0 Å². The van der Waals surface area contributed by atoms with E-state index in [1.54, 1.807) is 18.3 Å².